The molecule has 5 rings (SSSR count). The van der Waals surface area contributed by atoms with Crippen molar-refractivity contribution in [1.29, 1.82) is 0 Å². The number of rotatable bonds is 6. The summed E-state index contributed by atoms with van der Waals surface area (Å²) in [6.07, 6.45) is 19.0. The molecule has 9 atom stereocenters. The maximum atomic E-state index is 11.0. The highest BCUT2D eigenvalue weighted by atomic mass is 16.3. The largest absolute Gasteiger partial charge is 0.390 e. The SMILES string of the molecule is CC[C@]1(O)CC[C@@]2(C)[C@@H](CC[C@@H]3[C@@H]2CC[C@]2(C)[C@@H](CCCC(O)c4cccnc4)CC[C@@H]32)C1. The van der Waals surface area contributed by atoms with Gasteiger partial charge in [0, 0.05) is 12.4 Å². The number of aliphatic hydroxyl groups is 2. The van der Waals surface area contributed by atoms with Crippen LogP contribution in [0, 0.1) is 40.4 Å². The molecule has 1 aromatic heterocycles. The van der Waals surface area contributed by atoms with Crippen molar-refractivity contribution in [2.45, 2.75) is 116 Å². The summed E-state index contributed by atoms with van der Waals surface area (Å²) in [5, 5.41) is 21.6. The van der Waals surface area contributed by atoms with E-state index in [1.54, 1.807) is 6.20 Å². The fourth-order valence-corrected chi connectivity index (χ4v) is 9.52. The van der Waals surface area contributed by atoms with Crippen LogP contribution in [0.15, 0.2) is 24.5 Å². The third kappa shape index (κ3) is 4.10. The third-order valence-corrected chi connectivity index (χ3v) is 11.8. The van der Waals surface area contributed by atoms with E-state index in [2.05, 4.69) is 25.8 Å². The molecule has 4 fully saturated rings. The Morgan fingerprint density at radius 2 is 1.85 bits per heavy atom. The Kier molecular flexibility index (Phi) is 6.44. The minimum atomic E-state index is -0.390. The number of hydrogen-bond acceptors (Lipinski definition) is 3. The van der Waals surface area contributed by atoms with Gasteiger partial charge in [0.2, 0.25) is 0 Å². The van der Waals surface area contributed by atoms with Crippen LogP contribution >= 0.6 is 0 Å². The van der Waals surface area contributed by atoms with Crippen molar-refractivity contribution in [3.8, 4) is 0 Å². The number of nitrogens with zero attached hydrogens (tertiary/aromatic N) is 1. The maximum absolute atomic E-state index is 11.0. The average Bonchev–Trinajstić information content (AvgIpc) is 3.16. The standard InChI is InChI=1S/C30H47NO2/c1-4-30(33)17-16-29(3)23(19-30)10-12-24-25-13-11-22(28(25,2)15-14-26(24)29)8-5-9-27(32)21-7-6-18-31-20-21/h6-7,18,20,22-27,32-33H,4-5,8-17,19H2,1-3H3/t22-,23-,24-,25-,26-,27?,28+,29-,30-/m0/s1. The van der Waals surface area contributed by atoms with Crippen LogP contribution in [0.4, 0.5) is 0 Å². The summed E-state index contributed by atoms with van der Waals surface area (Å²) < 4.78 is 0. The van der Waals surface area contributed by atoms with E-state index >= 15 is 0 Å². The third-order valence-electron chi connectivity index (χ3n) is 11.8. The van der Waals surface area contributed by atoms with Crippen molar-refractivity contribution in [1.82, 2.24) is 4.98 Å². The first kappa shape index (κ1) is 23.8. The van der Waals surface area contributed by atoms with E-state index in [1.807, 2.05) is 18.3 Å². The van der Waals surface area contributed by atoms with Crippen molar-refractivity contribution in [2.75, 3.05) is 0 Å². The molecule has 0 aromatic carbocycles. The minimum absolute atomic E-state index is 0.372. The second-order valence-corrected chi connectivity index (χ2v) is 13.0. The Hall–Kier alpha value is -0.930. The number of hydrogen-bond donors (Lipinski definition) is 2. The lowest BCUT2D eigenvalue weighted by molar-refractivity contribution is -0.151. The predicted molar refractivity (Wildman–Crippen MR) is 134 cm³/mol. The van der Waals surface area contributed by atoms with Crippen LogP contribution in [0.3, 0.4) is 0 Å². The summed E-state index contributed by atoms with van der Waals surface area (Å²) in [6.45, 7) is 7.42. The molecular weight excluding hydrogens is 406 g/mol. The summed E-state index contributed by atoms with van der Waals surface area (Å²) in [5.41, 5.74) is 1.53. The second-order valence-electron chi connectivity index (χ2n) is 13.0. The highest BCUT2D eigenvalue weighted by molar-refractivity contribution is 5.12. The summed E-state index contributed by atoms with van der Waals surface area (Å²) >= 11 is 0. The molecule has 0 aliphatic heterocycles. The molecule has 0 amide bonds. The Bertz CT molecular complexity index is 813. The molecule has 1 aromatic rings. The van der Waals surface area contributed by atoms with Gasteiger partial charge in [-0.3, -0.25) is 4.98 Å². The molecule has 0 bridgehead atoms. The van der Waals surface area contributed by atoms with Crippen molar-refractivity contribution in [2.24, 2.45) is 40.4 Å². The Balaban J connectivity index is 1.22. The Labute approximate surface area is 201 Å². The zero-order valence-electron chi connectivity index (χ0n) is 21.3. The lowest BCUT2D eigenvalue weighted by atomic mass is 9.43. The van der Waals surface area contributed by atoms with Crippen molar-refractivity contribution in [3.05, 3.63) is 30.1 Å². The topological polar surface area (TPSA) is 53.4 Å². The van der Waals surface area contributed by atoms with E-state index in [-0.39, 0.29) is 11.7 Å². The van der Waals surface area contributed by atoms with Crippen molar-refractivity contribution < 1.29 is 10.2 Å². The first-order chi connectivity index (χ1) is 15.8. The summed E-state index contributed by atoms with van der Waals surface area (Å²) in [4.78, 5) is 4.17. The number of aliphatic hydroxyl groups excluding tert-OH is 1. The van der Waals surface area contributed by atoms with Gasteiger partial charge in [-0.2, -0.15) is 0 Å². The van der Waals surface area contributed by atoms with Gasteiger partial charge in [-0.15, -0.1) is 0 Å². The van der Waals surface area contributed by atoms with Gasteiger partial charge >= 0.3 is 0 Å². The molecular formula is C30H47NO2. The highest BCUT2D eigenvalue weighted by Crippen LogP contribution is 2.68. The van der Waals surface area contributed by atoms with Gasteiger partial charge in [-0.1, -0.05) is 33.3 Å². The minimum Gasteiger partial charge on any atom is -0.390 e. The fraction of sp³-hybridized carbons (Fsp3) is 0.833. The molecule has 2 N–H and O–H groups in total. The quantitative estimate of drug-likeness (QED) is 0.483. The Morgan fingerprint density at radius 1 is 1.03 bits per heavy atom. The fourth-order valence-electron chi connectivity index (χ4n) is 9.52. The van der Waals surface area contributed by atoms with Crippen molar-refractivity contribution >= 4 is 0 Å². The molecule has 4 aliphatic carbocycles. The summed E-state index contributed by atoms with van der Waals surface area (Å²) in [7, 11) is 0. The van der Waals surface area contributed by atoms with Gasteiger partial charge < -0.3 is 10.2 Å². The highest BCUT2D eigenvalue weighted by Gasteiger charge is 2.60. The van der Waals surface area contributed by atoms with E-state index in [9.17, 15) is 10.2 Å². The molecule has 0 radical (unpaired) electrons. The second kappa shape index (κ2) is 8.94. The first-order valence-corrected chi connectivity index (χ1v) is 14.1. The molecule has 33 heavy (non-hydrogen) atoms. The van der Waals surface area contributed by atoms with Gasteiger partial charge in [0.1, 0.15) is 0 Å². The lowest BCUT2D eigenvalue weighted by Crippen LogP contribution is -2.55. The molecule has 3 nitrogen and oxygen atoms in total. The van der Waals surface area contributed by atoms with Crippen LogP contribution in [-0.2, 0) is 0 Å². The van der Waals surface area contributed by atoms with E-state index in [4.69, 9.17) is 0 Å². The van der Waals surface area contributed by atoms with Crippen LogP contribution in [0.2, 0.25) is 0 Å². The van der Waals surface area contributed by atoms with Crippen LogP contribution in [0.5, 0.6) is 0 Å². The van der Waals surface area contributed by atoms with Gasteiger partial charge in [0.15, 0.2) is 0 Å². The van der Waals surface area contributed by atoms with Gasteiger partial charge in [-0.25, -0.2) is 0 Å². The monoisotopic (exact) mass is 453 g/mol. The average molecular weight is 454 g/mol. The molecule has 0 saturated heterocycles. The smallest absolute Gasteiger partial charge is 0.0804 e. The van der Waals surface area contributed by atoms with Crippen molar-refractivity contribution in [3.63, 3.8) is 0 Å². The van der Waals surface area contributed by atoms with Gasteiger partial charge in [-0.05, 0) is 129 Å². The first-order valence-electron chi connectivity index (χ1n) is 14.1. The maximum Gasteiger partial charge on any atom is 0.0804 e. The number of pyridine rings is 1. The molecule has 184 valence electrons. The normalized spacial score (nSPS) is 45.7. The molecule has 0 spiro atoms. The van der Waals surface area contributed by atoms with Crippen LogP contribution < -0.4 is 0 Å². The van der Waals surface area contributed by atoms with Crippen LogP contribution in [0.25, 0.3) is 0 Å². The van der Waals surface area contributed by atoms with Crippen LogP contribution in [0.1, 0.15) is 116 Å². The lowest BCUT2D eigenvalue weighted by Gasteiger charge is -2.62. The molecule has 4 saturated carbocycles. The van der Waals surface area contributed by atoms with E-state index in [0.29, 0.717) is 10.8 Å². The van der Waals surface area contributed by atoms with Gasteiger partial charge in [0.05, 0.1) is 11.7 Å². The van der Waals surface area contributed by atoms with Gasteiger partial charge in [0.25, 0.3) is 0 Å². The Morgan fingerprint density at radius 3 is 2.61 bits per heavy atom. The number of aromatic nitrogens is 1. The van der Waals surface area contributed by atoms with Crippen LogP contribution in [-0.4, -0.2) is 20.8 Å². The van der Waals surface area contributed by atoms with E-state index in [1.165, 1.54) is 51.4 Å². The van der Waals surface area contributed by atoms with E-state index in [0.717, 1.165) is 67.3 Å². The molecule has 1 heterocycles. The number of fused-ring (bicyclic) bond motifs is 5. The predicted octanol–water partition coefficient (Wildman–Crippen LogP) is 7.09. The summed E-state index contributed by atoms with van der Waals surface area (Å²) in [5.74, 6) is 4.24. The zero-order chi connectivity index (χ0) is 23.3. The molecule has 3 heteroatoms. The zero-order valence-corrected chi connectivity index (χ0v) is 21.3. The molecule has 1 unspecified atom stereocenters. The summed E-state index contributed by atoms with van der Waals surface area (Å²) in [6, 6.07) is 3.92. The molecule has 4 aliphatic rings. The van der Waals surface area contributed by atoms with E-state index < -0.39 is 0 Å².